The first-order chi connectivity index (χ1) is 9.25. The second-order valence-electron chi connectivity index (χ2n) is 5.82. The van der Waals surface area contributed by atoms with Gasteiger partial charge in [-0.3, -0.25) is 9.69 Å². The van der Waals surface area contributed by atoms with Crippen LogP contribution in [0, 0.1) is 0 Å². The number of piperazine rings is 1. The van der Waals surface area contributed by atoms with Gasteiger partial charge in [0, 0.05) is 30.7 Å². The fourth-order valence-corrected chi connectivity index (χ4v) is 3.38. The third kappa shape index (κ3) is 2.52. The van der Waals surface area contributed by atoms with Gasteiger partial charge in [-0.2, -0.15) is 0 Å². The number of benzene rings is 1. The first kappa shape index (κ1) is 12.7. The van der Waals surface area contributed by atoms with Crippen molar-refractivity contribution in [3.05, 3.63) is 35.9 Å². The molecule has 0 radical (unpaired) electrons. The second-order valence-corrected chi connectivity index (χ2v) is 5.82. The van der Waals surface area contributed by atoms with Crippen molar-refractivity contribution in [3.63, 3.8) is 0 Å². The third-order valence-corrected chi connectivity index (χ3v) is 4.47. The molecule has 102 valence electrons. The van der Waals surface area contributed by atoms with Crippen molar-refractivity contribution in [1.82, 2.24) is 9.80 Å². The normalized spacial score (nSPS) is 27.9. The highest BCUT2D eigenvalue weighted by molar-refractivity contribution is 5.94. The highest BCUT2D eigenvalue weighted by Crippen LogP contribution is 2.25. The summed E-state index contributed by atoms with van der Waals surface area (Å²) in [6.07, 6.45) is 3.87. The van der Waals surface area contributed by atoms with Crippen molar-refractivity contribution in [2.75, 3.05) is 19.6 Å². The first-order valence-electron chi connectivity index (χ1n) is 7.36. The van der Waals surface area contributed by atoms with Crippen LogP contribution in [0.1, 0.15) is 36.5 Å². The standard InChI is InChI=1S/C16H22N2O/c1-13-11-17-10-6-5-9-15(17)12-18(13)16(19)14-7-3-2-4-8-14/h2-4,7-8,13,15H,5-6,9-12H2,1H3. The fourth-order valence-electron chi connectivity index (χ4n) is 3.38. The molecule has 2 aliphatic rings. The minimum atomic E-state index is 0.193. The number of hydrogen-bond acceptors (Lipinski definition) is 2. The Balaban J connectivity index is 1.75. The minimum absolute atomic E-state index is 0.193. The lowest BCUT2D eigenvalue weighted by molar-refractivity contribution is 0.0151. The number of piperidine rings is 1. The van der Waals surface area contributed by atoms with Gasteiger partial charge in [0.2, 0.25) is 0 Å². The lowest BCUT2D eigenvalue weighted by Gasteiger charge is -2.47. The Bertz CT molecular complexity index is 445. The van der Waals surface area contributed by atoms with Crippen LogP contribution >= 0.6 is 0 Å². The van der Waals surface area contributed by atoms with Crippen LogP contribution in [0.3, 0.4) is 0 Å². The van der Waals surface area contributed by atoms with E-state index in [4.69, 9.17) is 0 Å². The van der Waals surface area contributed by atoms with Gasteiger partial charge in [0.25, 0.3) is 5.91 Å². The lowest BCUT2D eigenvalue weighted by Crippen LogP contribution is -2.60. The molecule has 0 saturated carbocycles. The molecule has 0 spiro atoms. The van der Waals surface area contributed by atoms with E-state index in [-0.39, 0.29) is 5.91 Å². The quantitative estimate of drug-likeness (QED) is 0.772. The largest absolute Gasteiger partial charge is 0.333 e. The maximum atomic E-state index is 12.6. The van der Waals surface area contributed by atoms with Crippen LogP contribution in [0.15, 0.2) is 30.3 Å². The summed E-state index contributed by atoms with van der Waals surface area (Å²) < 4.78 is 0. The number of rotatable bonds is 1. The summed E-state index contributed by atoms with van der Waals surface area (Å²) in [4.78, 5) is 17.2. The monoisotopic (exact) mass is 258 g/mol. The summed E-state index contributed by atoms with van der Waals surface area (Å²) in [6.45, 7) is 5.31. The molecular formula is C16H22N2O. The molecule has 19 heavy (non-hydrogen) atoms. The van der Waals surface area contributed by atoms with E-state index in [1.807, 2.05) is 30.3 Å². The summed E-state index contributed by atoms with van der Waals surface area (Å²) in [6, 6.07) is 10.6. The van der Waals surface area contributed by atoms with Crippen LogP contribution in [0.25, 0.3) is 0 Å². The van der Waals surface area contributed by atoms with Gasteiger partial charge in [0.1, 0.15) is 0 Å². The van der Waals surface area contributed by atoms with E-state index in [9.17, 15) is 4.79 Å². The van der Waals surface area contributed by atoms with Crippen LogP contribution < -0.4 is 0 Å². The van der Waals surface area contributed by atoms with Crippen LogP contribution in [-0.2, 0) is 0 Å². The number of carbonyl (C=O) groups excluding carboxylic acids is 1. The van der Waals surface area contributed by atoms with Gasteiger partial charge in [0.05, 0.1) is 0 Å². The molecule has 1 aromatic rings. The van der Waals surface area contributed by atoms with E-state index in [2.05, 4.69) is 16.7 Å². The third-order valence-electron chi connectivity index (χ3n) is 4.47. The van der Waals surface area contributed by atoms with E-state index in [1.165, 1.54) is 25.8 Å². The van der Waals surface area contributed by atoms with Gasteiger partial charge >= 0.3 is 0 Å². The van der Waals surface area contributed by atoms with Crippen molar-refractivity contribution in [1.29, 1.82) is 0 Å². The minimum Gasteiger partial charge on any atom is -0.333 e. The first-order valence-corrected chi connectivity index (χ1v) is 7.36. The Hall–Kier alpha value is -1.35. The SMILES string of the molecule is CC1CN2CCCCC2CN1C(=O)c1ccccc1. The summed E-state index contributed by atoms with van der Waals surface area (Å²) >= 11 is 0. The Labute approximate surface area is 115 Å². The Morgan fingerprint density at radius 1 is 1.16 bits per heavy atom. The van der Waals surface area contributed by atoms with Crippen molar-refractivity contribution >= 4 is 5.91 Å². The van der Waals surface area contributed by atoms with E-state index in [1.54, 1.807) is 0 Å². The number of hydrogen-bond donors (Lipinski definition) is 0. The number of carbonyl (C=O) groups is 1. The van der Waals surface area contributed by atoms with Crippen molar-refractivity contribution in [3.8, 4) is 0 Å². The van der Waals surface area contributed by atoms with E-state index < -0.39 is 0 Å². The molecule has 3 nitrogen and oxygen atoms in total. The van der Waals surface area contributed by atoms with Crippen LogP contribution in [0.4, 0.5) is 0 Å². The molecule has 3 rings (SSSR count). The average Bonchev–Trinajstić information content (AvgIpc) is 2.47. The molecule has 2 saturated heterocycles. The van der Waals surface area contributed by atoms with E-state index in [0.29, 0.717) is 12.1 Å². The highest BCUT2D eigenvalue weighted by atomic mass is 16.2. The van der Waals surface area contributed by atoms with Gasteiger partial charge in [-0.25, -0.2) is 0 Å². The highest BCUT2D eigenvalue weighted by Gasteiger charge is 2.35. The van der Waals surface area contributed by atoms with Gasteiger partial charge in [0.15, 0.2) is 0 Å². The van der Waals surface area contributed by atoms with Crippen molar-refractivity contribution in [2.24, 2.45) is 0 Å². The Morgan fingerprint density at radius 2 is 1.95 bits per heavy atom. The van der Waals surface area contributed by atoms with E-state index >= 15 is 0 Å². The molecular weight excluding hydrogens is 236 g/mol. The summed E-state index contributed by atoms with van der Waals surface area (Å²) in [5, 5.41) is 0. The molecule has 0 bridgehead atoms. The average molecular weight is 258 g/mol. The molecule has 0 aromatic heterocycles. The predicted molar refractivity (Wildman–Crippen MR) is 76.2 cm³/mol. The number of nitrogens with zero attached hydrogens (tertiary/aromatic N) is 2. The molecule has 2 heterocycles. The molecule has 0 N–H and O–H groups in total. The zero-order valence-corrected chi connectivity index (χ0v) is 11.6. The fraction of sp³-hybridized carbons (Fsp3) is 0.562. The maximum Gasteiger partial charge on any atom is 0.254 e. The topological polar surface area (TPSA) is 23.6 Å². The van der Waals surface area contributed by atoms with Gasteiger partial charge in [-0.15, -0.1) is 0 Å². The zero-order valence-electron chi connectivity index (χ0n) is 11.6. The molecule has 0 aliphatic carbocycles. The molecule has 1 amide bonds. The summed E-state index contributed by atoms with van der Waals surface area (Å²) in [5.41, 5.74) is 0.818. The lowest BCUT2D eigenvalue weighted by atomic mass is 9.96. The molecule has 2 aliphatic heterocycles. The van der Waals surface area contributed by atoms with Crippen molar-refractivity contribution in [2.45, 2.75) is 38.3 Å². The van der Waals surface area contributed by atoms with Crippen molar-refractivity contribution < 1.29 is 4.79 Å². The molecule has 2 unspecified atom stereocenters. The number of fused-ring (bicyclic) bond motifs is 1. The van der Waals surface area contributed by atoms with Crippen LogP contribution in [0.2, 0.25) is 0 Å². The number of amides is 1. The summed E-state index contributed by atoms with van der Waals surface area (Å²) in [7, 11) is 0. The van der Waals surface area contributed by atoms with Crippen LogP contribution in [0.5, 0.6) is 0 Å². The molecule has 2 fully saturated rings. The molecule has 3 heteroatoms. The van der Waals surface area contributed by atoms with Crippen LogP contribution in [-0.4, -0.2) is 47.4 Å². The second kappa shape index (κ2) is 5.33. The van der Waals surface area contributed by atoms with E-state index in [0.717, 1.165) is 18.7 Å². The Morgan fingerprint density at radius 3 is 2.74 bits per heavy atom. The zero-order chi connectivity index (χ0) is 13.2. The summed E-state index contributed by atoms with van der Waals surface area (Å²) in [5.74, 6) is 0.193. The molecule has 2 atom stereocenters. The molecule has 1 aromatic carbocycles. The smallest absolute Gasteiger partial charge is 0.254 e. The van der Waals surface area contributed by atoms with Gasteiger partial charge in [-0.1, -0.05) is 24.6 Å². The van der Waals surface area contributed by atoms with Gasteiger partial charge < -0.3 is 4.90 Å². The maximum absolute atomic E-state index is 12.6. The predicted octanol–water partition coefficient (Wildman–Crippen LogP) is 2.39. The Kier molecular flexibility index (Phi) is 3.56. The van der Waals surface area contributed by atoms with Gasteiger partial charge in [-0.05, 0) is 38.4 Å².